The second-order valence-corrected chi connectivity index (χ2v) is 5.65. The Bertz CT molecular complexity index is 613. The van der Waals surface area contributed by atoms with E-state index in [1.54, 1.807) is 38.7 Å². The highest BCUT2D eigenvalue weighted by atomic mass is 32.1. The van der Waals surface area contributed by atoms with E-state index >= 15 is 0 Å². The van der Waals surface area contributed by atoms with E-state index in [0.717, 1.165) is 11.1 Å². The maximum atomic E-state index is 5.76. The van der Waals surface area contributed by atoms with Crippen LogP contribution in [0.3, 0.4) is 0 Å². The molecule has 0 amide bonds. The second kappa shape index (κ2) is 6.80. The number of thiophene rings is 1. The van der Waals surface area contributed by atoms with E-state index in [9.17, 15) is 0 Å². The van der Waals surface area contributed by atoms with Crippen molar-refractivity contribution >= 4 is 11.3 Å². The van der Waals surface area contributed by atoms with E-state index in [2.05, 4.69) is 23.8 Å². The number of methoxy groups -OCH3 is 3. The van der Waals surface area contributed by atoms with Gasteiger partial charge in [-0.2, -0.15) is 0 Å². The molecule has 0 radical (unpaired) electrons. The Morgan fingerprint density at radius 3 is 2.10 bits per heavy atom. The van der Waals surface area contributed by atoms with E-state index in [1.807, 2.05) is 6.07 Å². The highest BCUT2D eigenvalue weighted by molar-refractivity contribution is 7.10. The first-order valence-electron chi connectivity index (χ1n) is 6.45. The number of nitrogens with two attached hydrogens (primary N) is 1. The molecular formula is C15H20N2O3S. The Labute approximate surface area is 128 Å². The van der Waals surface area contributed by atoms with Gasteiger partial charge in [0.15, 0.2) is 11.5 Å². The summed E-state index contributed by atoms with van der Waals surface area (Å²) in [5, 5.41) is 2.08. The van der Waals surface area contributed by atoms with E-state index < -0.39 is 0 Å². The standard InChI is InChI=1S/C15H20N2O3S/c1-9-5-10(8-21-9)15(17-16)11-6-13(19-3)14(20-4)7-12(11)18-2/h5-8,15,17H,16H2,1-4H3. The molecule has 0 bridgehead atoms. The zero-order valence-electron chi connectivity index (χ0n) is 12.6. The van der Waals surface area contributed by atoms with Crippen molar-refractivity contribution in [1.82, 2.24) is 5.43 Å². The zero-order valence-corrected chi connectivity index (χ0v) is 13.4. The normalized spacial score (nSPS) is 12.0. The quantitative estimate of drug-likeness (QED) is 0.634. The minimum absolute atomic E-state index is 0.176. The van der Waals surface area contributed by atoms with Crippen LogP contribution in [0.25, 0.3) is 0 Å². The minimum Gasteiger partial charge on any atom is -0.496 e. The maximum absolute atomic E-state index is 5.76. The van der Waals surface area contributed by atoms with Gasteiger partial charge in [-0.05, 0) is 30.0 Å². The van der Waals surface area contributed by atoms with Gasteiger partial charge >= 0.3 is 0 Å². The smallest absolute Gasteiger partial charge is 0.164 e. The average Bonchev–Trinajstić information content (AvgIpc) is 2.93. The Kier molecular flexibility index (Phi) is 5.06. The van der Waals surface area contributed by atoms with E-state index in [1.165, 1.54) is 4.88 Å². The van der Waals surface area contributed by atoms with Crippen molar-refractivity contribution in [2.24, 2.45) is 5.84 Å². The van der Waals surface area contributed by atoms with Gasteiger partial charge in [-0.25, -0.2) is 5.43 Å². The molecule has 0 spiro atoms. The molecule has 0 fully saturated rings. The topological polar surface area (TPSA) is 65.7 Å². The minimum atomic E-state index is -0.176. The van der Waals surface area contributed by atoms with Crippen molar-refractivity contribution in [3.63, 3.8) is 0 Å². The number of hydrogen-bond acceptors (Lipinski definition) is 6. The average molecular weight is 308 g/mol. The molecule has 1 atom stereocenters. The van der Waals surface area contributed by atoms with Crippen LogP contribution in [-0.4, -0.2) is 21.3 Å². The molecule has 1 aromatic carbocycles. The Morgan fingerprint density at radius 2 is 1.62 bits per heavy atom. The molecule has 6 heteroatoms. The van der Waals surface area contributed by atoms with Crippen LogP contribution in [0.5, 0.6) is 17.2 Å². The Morgan fingerprint density at radius 1 is 1.00 bits per heavy atom. The first-order valence-corrected chi connectivity index (χ1v) is 7.33. The van der Waals surface area contributed by atoms with E-state index in [-0.39, 0.29) is 6.04 Å². The molecule has 2 aromatic rings. The molecule has 3 N–H and O–H groups in total. The lowest BCUT2D eigenvalue weighted by molar-refractivity contribution is 0.346. The molecule has 2 rings (SSSR count). The van der Waals surface area contributed by atoms with E-state index in [4.69, 9.17) is 20.1 Å². The summed E-state index contributed by atoms with van der Waals surface area (Å²) in [5.74, 6) is 7.71. The lowest BCUT2D eigenvalue weighted by Crippen LogP contribution is -2.29. The molecule has 0 aliphatic heterocycles. The summed E-state index contributed by atoms with van der Waals surface area (Å²) in [6, 6.07) is 5.61. The van der Waals surface area contributed by atoms with Crippen LogP contribution in [0.4, 0.5) is 0 Å². The van der Waals surface area contributed by atoms with Gasteiger partial charge < -0.3 is 14.2 Å². The molecule has 1 heterocycles. The first kappa shape index (κ1) is 15.6. The summed E-state index contributed by atoms with van der Waals surface area (Å²) in [4.78, 5) is 1.23. The molecule has 1 unspecified atom stereocenters. The molecule has 0 saturated heterocycles. The van der Waals surface area contributed by atoms with Crippen LogP contribution in [0.15, 0.2) is 23.6 Å². The van der Waals surface area contributed by atoms with Crippen LogP contribution >= 0.6 is 11.3 Å². The largest absolute Gasteiger partial charge is 0.496 e. The predicted molar refractivity (Wildman–Crippen MR) is 84.3 cm³/mol. The monoisotopic (exact) mass is 308 g/mol. The van der Waals surface area contributed by atoms with Crippen molar-refractivity contribution in [2.75, 3.05) is 21.3 Å². The summed E-state index contributed by atoms with van der Waals surface area (Å²) >= 11 is 1.68. The van der Waals surface area contributed by atoms with Gasteiger partial charge in [0.2, 0.25) is 0 Å². The third kappa shape index (κ3) is 3.12. The molecule has 21 heavy (non-hydrogen) atoms. The van der Waals surface area contributed by atoms with Crippen molar-refractivity contribution < 1.29 is 14.2 Å². The molecule has 0 aliphatic rings. The highest BCUT2D eigenvalue weighted by Crippen LogP contribution is 2.39. The first-order chi connectivity index (χ1) is 10.1. The van der Waals surface area contributed by atoms with Crippen molar-refractivity contribution in [3.8, 4) is 17.2 Å². The fourth-order valence-corrected chi connectivity index (χ4v) is 2.99. The maximum Gasteiger partial charge on any atom is 0.164 e. The SMILES string of the molecule is COc1cc(OC)c(C(NN)c2csc(C)c2)cc1OC. The lowest BCUT2D eigenvalue weighted by atomic mass is 10.00. The fraction of sp³-hybridized carbons (Fsp3) is 0.333. The van der Waals surface area contributed by atoms with Gasteiger partial charge in [0.05, 0.1) is 27.4 Å². The van der Waals surface area contributed by atoms with Crippen molar-refractivity contribution in [1.29, 1.82) is 0 Å². The molecule has 5 nitrogen and oxygen atoms in total. The van der Waals surface area contributed by atoms with Gasteiger partial charge in [-0.1, -0.05) is 0 Å². The third-order valence-electron chi connectivity index (χ3n) is 3.30. The number of nitrogens with one attached hydrogen (secondary N) is 1. The van der Waals surface area contributed by atoms with Crippen LogP contribution in [-0.2, 0) is 0 Å². The Balaban J connectivity index is 2.54. The fourth-order valence-electron chi connectivity index (χ4n) is 2.26. The Hall–Kier alpha value is -1.76. The number of hydrazine groups is 1. The van der Waals surface area contributed by atoms with Crippen LogP contribution in [0.2, 0.25) is 0 Å². The molecular weight excluding hydrogens is 288 g/mol. The van der Waals surface area contributed by atoms with Gasteiger partial charge in [0.25, 0.3) is 0 Å². The second-order valence-electron chi connectivity index (χ2n) is 4.54. The third-order valence-corrected chi connectivity index (χ3v) is 4.18. The van der Waals surface area contributed by atoms with Crippen molar-refractivity contribution in [2.45, 2.75) is 13.0 Å². The molecule has 0 saturated carbocycles. The zero-order chi connectivity index (χ0) is 15.4. The highest BCUT2D eigenvalue weighted by Gasteiger charge is 2.21. The molecule has 1 aromatic heterocycles. The van der Waals surface area contributed by atoms with Gasteiger partial charge in [0, 0.05) is 16.5 Å². The number of benzene rings is 1. The molecule has 114 valence electrons. The van der Waals surface area contributed by atoms with E-state index in [0.29, 0.717) is 17.2 Å². The predicted octanol–water partition coefficient (Wildman–Crippen LogP) is 2.64. The molecule has 0 aliphatic carbocycles. The summed E-state index contributed by atoms with van der Waals surface area (Å²) in [6.45, 7) is 2.06. The van der Waals surface area contributed by atoms with Crippen LogP contribution < -0.4 is 25.5 Å². The number of hydrogen-bond donors (Lipinski definition) is 2. The van der Waals surface area contributed by atoms with Crippen molar-refractivity contribution in [3.05, 3.63) is 39.6 Å². The lowest BCUT2D eigenvalue weighted by Gasteiger charge is -2.20. The number of ether oxygens (including phenoxy) is 3. The number of aryl methyl sites for hydroxylation is 1. The van der Waals surface area contributed by atoms with Crippen LogP contribution in [0.1, 0.15) is 22.0 Å². The number of rotatable bonds is 6. The van der Waals surface area contributed by atoms with Gasteiger partial charge in [-0.3, -0.25) is 5.84 Å². The van der Waals surface area contributed by atoms with Gasteiger partial charge in [-0.15, -0.1) is 11.3 Å². The van der Waals surface area contributed by atoms with Crippen LogP contribution in [0, 0.1) is 6.92 Å². The summed E-state index contributed by atoms with van der Waals surface area (Å²) in [5.41, 5.74) is 4.83. The summed E-state index contributed by atoms with van der Waals surface area (Å²) in [7, 11) is 4.82. The summed E-state index contributed by atoms with van der Waals surface area (Å²) < 4.78 is 16.1. The summed E-state index contributed by atoms with van der Waals surface area (Å²) in [6.07, 6.45) is 0. The van der Waals surface area contributed by atoms with Gasteiger partial charge in [0.1, 0.15) is 5.75 Å².